The summed E-state index contributed by atoms with van der Waals surface area (Å²) in [7, 11) is -0.618. The number of aryl methyl sites for hydroxylation is 6. The van der Waals surface area contributed by atoms with Crippen molar-refractivity contribution in [2.45, 2.75) is 270 Å². The molecule has 12 bridgehead atoms. The Balaban J connectivity index is 0.000000144. The number of aliphatic hydroxyl groups is 4. The van der Waals surface area contributed by atoms with E-state index in [9.17, 15) is 105 Å². The van der Waals surface area contributed by atoms with E-state index in [1.807, 2.05) is 0 Å². The standard InChI is InChI=1S/2C21H21S.C18H12F3S.C17H24F4O5.C17H22F4O5.C17H24F4O4/c2*1-16-4-10-19(11-5-16)22(20-12-6-17(2)7-13-20)21-14-8-18(3)9-15-21;19-13-1-7-16(8-2-13)22(17-9-3-14(20)4-10-17)18-11-5-15(21)6-12-18;2*1-15(18,19)17(20,21)26-8-12(22)7-25-14(24)16-4-9-2-10(5-16)13(23)11(3-9)6-16;1-15(18,19)17(20,21)24-9-13(8-22)25-14(23)16-5-10-2-11(6-16)4-12(3-10)7-16/h2*4-15H,1-3H3;1-12H;9-13,22-23H,2-8H2,1H3;9-12,22H,2-8H2,1H3;10-13,22H,2-9H2,1H3/q3*+1;;;. The minimum absolute atomic E-state index is 0.00768. The predicted octanol–water partition coefficient (Wildman–Crippen LogP) is 24.9. The maximum Gasteiger partial charge on any atom is 0.419 e. The summed E-state index contributed by atoms with van der Waals surface area (Å²) in [6, 6.07) is 72.2. The van der Waals surface area contributed by atoms with Crippen molar-refractivity contribution in [3.8, 4) is 0 Å². The SMILES string of the molecule is CC(F)(F)C(F)(F)OCC(CO)OC(=O)C12CC3CC(CC(C3)C1)C2.CC(F)(F)C(F)(F)OCC(O)COC(=O)C12CC3CC(C1)C(=O)C(C3)C2.CC(F)(F)C(F)(F)OCC(O)COC(=O)C12CC3CC(C1)C(O)C(C3)C2.Cc1ccc([S+](c2ccc(C)cc2)c2ccc(C)cc2)cc1.Cc1ccc([S+](c2ccc(C)cc2)c2ccc(C)cc2)cc1.Fc1ccc([S+](c2ccc(F)cc2)c2ccc(F)cc2)cc1. The number of alkyl halides is 12. The highest BCUT2D eigenvalue weighted by molar-refractivity contribution is 7.97. The molecular weight excluding hydrogens is 1940 g/mol. The van der Waals surface area contributed by atoms with Crippen LogP contribution in [-0.2, 0) is 80.3 Å². The molecule has 143 heavy (non-hydrogen) atoms. The second kappa shape index (κ2) is 46.5. The average molecular weight is 2060 g/mol. The van der Waals surface area contributed by atoms with Crippen LogP contribution in [0.2, 0.25) is 0 Å². The van der Waals surface area contributed by atoms with E-state index in [2.05, 4.69) is 201 Å². The Hall–Kier alpha value is -9.22. The summed E-state index contributed by atoms with van der Waals surface area (Å²) < 4.78 is 221. The second-order valence-electron chi connectivity index (χ2n) is 40.5. The summed E-state index contributed by atoms with van der Waals surface area (Å²) >= 11 is 0. The van der Waals surface area contributed by atoms with Crippen LogP contribution < -0.4 is 0 Å². The molecule has 0 aromatic heterocycles. The number of hydrogen-bond acceptors (Lipinski definition) is 14. The zero-order chi connectivity index (χ0) is 104. The fourth-order valence-corrected chi connectivity index (χ4v) is 27.8. The van der Waals surface area contributed by atoms with Gasteiger partial charge in [0, 0.05) is 32.6 Å². The van der Waals surface area contributed by atoms with E-state index in [0.29, 0.717) is 68.1 Å². The van der Waals surface area contributed by atoms with Gasteiger partial charge < -0.3 is 48.8 Å². The van der Waals surface area contributed by atoms with Gasteiger partial charge in [0.1, 0.15) is 54.8 Å². The summed E-state index contributed by atoms with van der Waals surface area (Å²) in [6.45, 7) is 7.75. The molecule has 14 nitrogen and oxygen atoms in total. The fourth-order valence-electron chi connectivity index (χ4n) is 21.7. The van der Waals surface area contributed by atoms with E-state index < -0.39 is 145 Å². The largest absolute Gasteiger partial charge is 0.462 e. The van der Waals surface area contributed by atoms with Gasteiger partial charge in [-0.25, -0.2) is 13.2 Å². The van der Waals surface area contributed by atoms with Crippen LogP contribution in [0.3, 0.4) is 0 Å². The van der Waals surface area contributed by atoms with Crippen LogP contribution in [-0.4, -0.2) is 144 Å². The van der Waals surface area contributed by atoms with Crippen molar-refractivity contribution in [1.82, 2.24) is 0 Å². The number of ether oxygens (including phenoxy) is 6. The molecule has 0 amide bonds. The van der Waals surface area contributed by atoms with E-state index >= 15 is 0 Å². The third-order valence-electron chi connectivity index (χ3n) is 28.4. The third-order valence-corrected chi connectivity index (χ3v) is 35.1. The molecule has 12 fully saturated rings. The van der Waals surface area contributed by atoms with Gasteiger partial charge in [-0.1, -0.05) is 106 Å². The Morgan fingerprint density at radius 3 is 0.804 bits per heavy atom. The van der Waals surface area contributed by atoms with Gasteiger partial charge in [0.05, 0.1) is 81.5 Å². The average Bonchev–Trinajstić information content (AvgIpc) is 0.735. The molecule has 7 atom stereocenters. The fraction of sp³-hybridized carbons (Fsp3) is 0.477. The minimum atomic E-state index is -4.72. The van der Waals surface area contributed by atoms with Crippen molar-refractivity contribution < 1.29 is 134 Å². The number of halogens is 15. The molecule has 0 aliphatic heterocycles. The molecule has 9 aromatic carbocycles. The predicted molar refractivity (Wildman–Crippen MR) is 512 cm³/mol. The van der Waals surface area contributed by atoms with Gasteiger partial charge in [-0.05, 0) is 331 Å². The Labute approximate surface area is 833 Å². The first-order chi connectivity index (χ1) is 67.3. The van der Waals surface area contributed by atoms with Gasteiger partial charge in [0.25, 0.3) is 0 Å². The van der Waals surface area contributed by atoms with Gasteiger partial charge in [-0.3, -0.25) is 19.2 Å². The lowest BCUT2D eigenvalue weighted by Gasteiger charge is -2.57. The summed E-state index contributed by atoms with van der Waals surface area (Å²) in [5, 5.41) is 38.7. The van der Waals surface area contributed by atoms with Crippen molar-refractivity contribution in [2.24, 2.45) is 69.5 Å². The zero-order valence-electron chi connectivity index (χ0n) is 81.1. The van der Waals surface area contributed by atoms with Crippen molar-refractivity contribution in [2.75, 3.05) is 39.6 Å². The molecule has 12 saturated carbocycles. The molecule has 12 aliphatic carbocycles. The number of ketones is 1. The highest BCUT2D eigenvalue weighted by atomic mass is 32.2. The number of Topliss-reactive ketones (excluding diaryl/α,β-unsaturated/α-hetero) is 1. The summed E-state index contributed by atoms with van der Waals surface area (Å²) in [5.41, 5.74) is 5.77. The van der Waals surface area contributed by atoms with E-state index in [-0.39, 0.29) is 89.5 Å². The van der Waals surface area contributed by atoms with Crippen molar-refractivity contribution >= 4 is 56.4 Å². The molecule has 9 aromatic rings. The molecule has 7 unspecified atom stereocenters. The maximum absolute atomic E-state index is 13.2. The van der Waals surface area contributed by atoms with E-state index in [1.54, 1.807) is 36.4 Å². The second-order valence-corrected chi connectivity index (χ2v) is 46.6. The van der Waals surface area contributed by atoms with Crippen LogP contribution in [0.5, 0.6) is 0 Å². The number of aliphatic hydroxyl groups excluding tert-OH is 4. The summed E-state index contributed by atoms with van der Waals surface area (Å²) in [5.74, 6) is -13.5. The molecule has 772 valence electrons. The first-order valence-electron chi connectivity index (χ1n) is 48.1. The first kappa shape index (κ1) is 111. The molecule has 0 heterocycles. The highest BCUT2D eigenvalue weighted by Crippen LogP contribution is 2.63. The Kier molecular flexibility index (Phi) is 36.1. The lowest BCUT2D eigenvalue weighted by molar-refractivity contribution is -0.346. The lowest BCUT2D eigenvalue weighted by Crippen LogP contribution is -2.56. The molecule has 32 heteroatoms. The lowest BCUT2D eigenvalue weighted by atomic mass is 9.48. The Morgan fingerprint density at radius 1 is 0.329 bits per heavy atom. The van der Waals surface area contributed by atoms with Crippen LogP contribution in [0.4, 0.5) is 65.9 Å². The van der Waals surface area contributed by atoms with Crippen molar-refractivity contribution in [3.63, 3.8) is 0 Å². The molecule has 0 spiro atoms. The zero-order valence-corrected chi connectivity index (χ0v) is 83.6. The van der Waals surface area contributed by atoms with Gasteiger partial charge in [-0.2, -0.15) is 52.7 Å². The van der Waals surface area contributed by atoms with Gasteiger partial charge in [0.2, 0.25) is 0 Å². The molecule has 4 N–H and O–H groups in total. The van der Waals surface area contributed by atoms with E-state index in [4.69, 9.17) is 14.2 Å². The van der Waals surface area contributed by atoms with Crippen LogP contribution in [0, 0.1) is 129 Å². The molecular formula is C111H124F15O14S3+3. The minimum Gasteiger partial charge on any atom is -0.462 e. The molecule has 0 radical (unpaired) electrons. The number of esters is 3. The van der Waals surface area contributed by atoms with Crippen molar-refractivity contribution in [1.29, 1.82) is 0 Å². The highest BCUT2D eigenvalue weighted by Gasteiger charge is 2.63. The maximum atomic E-state index is 13.2. The number of carbonyl (C=O) groups is 4. The molecule has 12 aliphatic rings. The van der Waals surface area contributed by atoms with Gasteiger partial charge in [-0.15, -0.1) is 0 Å². The third kappa shape index (κ3) is 28.0. The van der Waals surface area contributed by atoms with Crippen LogP contribution in [0.25, 0.3) is 0 Å². The van der Waals surface area contributed by atoms with Crippen LogP contribution >= 0.6 is 0 Å². The van der Waals surface area contributed by atoms with E-state index in [0.717, 1.165) is 78.9 Å². The normalized spacial score (nSPS) is 24.5. The number of carbonyl (C=O) groups excluding carboxylic acids is 4. The van der Waals surface area contributed by atoms with Crippen LogP contribution in [0.1, 0.15) is 157 Å². The summed E-state index contributed by atoms with van der Waals surface area (Å²) in [4.78, 5) is 60.8. The monoisotopic (exact) mass is 2060 g/mol. The topological polar surface area (TPSA) is 205 Å². The molecule has 21 rings (SSSR count). The quantitative estimate of drug-likeness (QED) is 0.0143. The number of rotatable bonds is 30. The van der Waals surface area contributed by atoms with Gasteiger partial charge in [0.15, 0.2) is 44.1 Å². The summed E-state index contributed by atoms with van der Waals surface area (Å²) in [6.07, 6.45) is -7.11. The van der Waals surface area contributed by atoms with Gasteiger partial charge >= 0.3 is 54.0 Å². The van der Waals surface area contributed by atoms with E-state index in [1.165, 1.54) is 99.2 Å². The van der Waals surface area contributed by atoms with Crippen molar-refractivity contribution in [3.05, 3.63) is 269 Å². The molecule has 0 saturated heterocycles. The smallest absolute Gasteiger partial charge is 0.419 e. The van der Waals surface area contributed by atoms with Crippen LogP contribution in [0.15, 0.2) is 262 Å². The first-order valence-corrected chi connectivity index (χ1v) is 51.8. The number of hydrogen-bond donors (Lipinski definition) is 4. The number of benzene rings is 9. The Bertz CT molecular complexity index is 4980. The Morgan fingerprint density at radius 2 is 0.552 bits per heavy atom.